The van der Waals surface area contributed by atoms with Crippen molar-refractivity contribution in [2.24, 2.45) is 0 Å². The van der Waals surface area contributed by atoms with Gasteiger partial charge in [-0.05, 0) is 37.3 Å². The number of carbonyl (C=O) groups excluding carboxylic acids is 1. The fourth-order valence-electron chi connectivity index (χ4n) is 2.13. The van der Waals surface area contributed by atoms with Crippen LogP contribution in [0.2, 0.25) is 0 Å². The summed E-state index contributed by atoms with van der Waals surface area (Å²) in [4.78, 5) is 23.9. The number of nitrogens with zero attached hydrogens (tertiary/aromatic N) is 5. The lowest BCUT2D eigenvalue weighted by atomic mass is 10.4. The summed E-state index contributed by atoms with van der Waals surface area (Å²) in [6.07, 6.45) is 3.27. The molecule has 0 aliphatic heterocycles. The van der Waals surface area contributed by atoms with E-state index in [0.717, 1.165) is 5.69 Å². The van der Waals surface area contributed by atoms with Gasteiger partial charge in [-0.3, -0.25) is 4.79 Å². The summed E-state index contributed by atoms with van der Waals surface area (Å²) in [5.74, 6) is 1.63. The van der Waals surface area contributed by atoms with Crippen LogP contribution in [-0.2, 0) is 4.79 Å². The molecule has 0 saturated carbocycles. The molecule has 0 atom stereocenters. The zero-order chi connectivity index (χ0) is 19.6. The maximum absolute atomic E-state index is 11.8. The van der Waals surface area contributed by atoms with Crippen molar-refractivity contribution in [2.45, 2.75) is 6.92 Å². The van der Waals surface area contributed by atoms with Crippen LogP contribution in [-0.4, -0.2) is 50.8 Å². The Hall–Kier alpha value is -3.82. The van der Waals surface area contributed by atoms with Gasteiger partial charge in [0.05, 0.1) is 0 Å². The van der Waals surface area contributed by atoms with Crippen molar-refractivity contribution < 1.29 is 9.53 Å². The molecule has 0 fully saturated rings. The monoisotopic (exact) mass is 380 g/mol. The van der Waals surface area contributed by atoms with Gasteiger partial charge >= 0.3 is 6.01 Å². The molecule has 10 heteroatoms. The van der Waals surface area contributed by atoms with Crippen LogP contribution in [0, 0.1) is 6.92 Å². The largest absolute Gasteiger partial charge is 0.453 e. The molecule has 0 radical (unpaired) electrons. The first-order valence-electron chi connectivity index (χ1n) is 8.64. The van der Waals surface area contributed by atoms with E-state index in [-0.39, 0.29) is 18.5 Å². The second-order valence-corrected chi connectivity index (χ2v) is 5.69. The second-order valence-electron chi connectivity index (χ2n) is 5.69. The molecule has 0 aliphatic rings. The third-order valence-electron chi connectivity index (χ3n) is 3.44. The van der Waals surface area contributed by atoms with Gasteiger partial charge in [0.1, 0.15) is 11.6 Å². The van der Waals surface area contributed by atoms with Gasteiger partial charge in [-0.2, -0.15) is 0 Å². The van der Waals surface area contributed by atoms with E-state index in [2.05, 4.69) is 41.1 Å². The number of nitrogens with one attached hydrogen (secondary N) is 3. The highest BCUT2D eigenvalue weighted by Gasteiger charge is 2.04. The van der Waals surface area contributed by atoms with Gasteiger partial charge in [0.2, 0.25) is 0 Å². The Balaban J connectivity index is 1.34. The van der Waals surface area contributed by atoms with Crippen LogP contribution in [0.4, 0.5) is 17.5 Å². The Morgan fingerprint density at radius 2 is 1.82 bits per heavy atom. The third kappa shape index (κ3) is 6.16. The summed E-state index contributed by atoms with van der Waals surface area (Å²) in [5, 5.41) is 17.0. The van der Waals surface area contributed by atoms with Gasteiger partial charge in [-0.25, -0.2) is 15.0 Å². The standard InChI is InChI=1S/C18H20N8O2/c1-13-7-9-22-18(23-13)28-12-17(27)21-11-10-20-15-5-6-16(26-25-15)24-14-4-2-3-8-19-14/h2-9H,10-12H2,1H3,(H,20,25)(H,21,27)(H,19,24,26). The number of aromatic nitrogens is 5. The second kappa shape index (κ2) is 9.76. The molecule has 3 rings (SSSR count). The third-order valence-corrected chi connectivity index (χ3v) is 3.44. The number of ether oxygens (including phenoxy) is 1. The number of hydrogen-bond donors (Lipinski definition) is 3. The van der Waals surface area contributed by atoms with E-state index >= 15 is 0 Å². The van der Waals surface area contributed by atoms with Crippen molar-refractivity contribution >= 4 is 23.4 Å². The molecule has 3 heterocycles. The molecule has 0 aliphatic carbocycles. The lowest BCUT2D eigenvalue weighted by Crippen LogP contribution is -2.33. The Labute approximate surface area is 161 Å². The average Bonchev–Trinajstić information content (AvgIpc) is 2.72. The molecular weight excluding hydrogens is 360 g/mol. The van der Waals surface area contributed by atoms with Gasteiger partial charge < -0.3 is 20.7 Å². The highest BCUT2D eigenvalue weighted by atomic mass is 16.5. The molecule has 0 saturated heterocycles. The van der Waals surface area contributed by atoms with Gasteiger partial charge in [-0.15, -0.1) is 10.2 Å². The molecule has 0 bridgehead atoms. The molecule has 144 valence electrons. The Morgan fingerprint density at radius 3 is 2.57 bits per heavy atom. The molecule has 3 N–H and O–H groups in total. The molecular formula is C18H20N8O2. The minimum Gasteiger partial charge on any atom is -0.453 e. The van der Waals surface area contributed by atoms with Crippen molar-refractivity contribution in [3.05, 3.63) is 54.5 Å². The van der Waals surface area contributed by atoms with E-state index in [0.29, 0.717) is 30.5 Å². The van der Waals surface area contributed by atoms with Crippen molar-refractivity contribution in [2.75, 3.05) is 30.3 Å². The topological polar surface area (TPSA) is 127 Å². The first-order chi connectivity index (χ1) is 13.7. The molecule has 10 nitrogen and oxygen atoms in total. The number of anilines is 3. The molecule has 3 aromatic rings. The smallest absolute Gasteiger partial charge is 0.317 e. The van der Waals surface area contributed by atoms with Crippen LogP contribution in [0.25, 0.3) is 0 Å². The van der Waals surface area contributed by atoms with Crippen molar-refractivity contribution in [3.63, 3.8) is 0 Å². The maximum Gasteiger partial charge on any atom is 0.317 e. The lowest BCUT2D eigenvalue weighted by Gasteiger charge is -2.08. The minimum absolute atomic E-state index is 0.142. The highest BCUT2D eigenvalue weighted by molar-refractivity contribution is 5.77. The zero-order valence-electron chi connectivity index (χ0n) is 15.3. The van der Waals surface area contributed by atoms with Crippen molar-refractivity contribution in [1.82, 2.24) is 30.5 Å². The van der Waals surface area contributed by atoms with E-state index in [1.54, 1.807) is 30.6 Å². The van der Waals surface area contributed by atoms with E-state index < -0.39 is 0 Å². The van der Waals surface area contributed by atoms with Crippen LogP contribution in [0.5, 0.6) is 6.01 Å². The van der Waals surface area contributed by atoms with Crippen LogP contribution in [0.15, 0.2) is 48.8 Å². The molecule has 0 aromatic carbocycles. The van der Waals surface area contributed by atoms with Crippen molar-refractivity contribution in [1.29, 1.82) is 0 Å². The van der Waals surface area contributed by atoms with Crippen LogP contribution in [0.3, 0.4) is 0 Å². The molecule has 0 unspecified atom stereocenters. The maximum atomic E-state index is 11.8. The van der Waals surface area contributed by atoms with Gasteiger partial charge in [0.15, 0.2) is 12.4 Å². The van der Waals surface area contributed by atoms with Crippen LogP contribution >= 0.6 is 0 Å². The Kier molecular flexibility index (Phi) is 6.61. The number of pyridine rings is 1. The van der Waals surface area contributed by atoms with Crippen LogP contribution < -0.4 is 20.7 Å². The predicted molar refractivity (Wildman–Crippen MR) is 103 cm³/mol. The number of aryl methyl sites for hydroxylation is 1. The Bertz CT molecular complexity index is 890. The van der Waals surface area contributed by atoms with E-state index in [1.807, 2.05) is 25.1 Å². The summed E-state index contributed by atoms with van der Waals surface area (Å²) in [5.41, 5.74) is 0.775. The first kappa shape index (κ1) is 19.0. The number of amides is 1. The highest BCUT2D eigenvalue weighted by Crippen LogP contribution is 2.11. The Morgan fingerprint density at radius 1 is 0.964 bits per heavy atom. The predicted octanol–water partition coefficient (Wildman–Crippen LogP) is 1.32. The lowest BCUT2D eigenvalue weighted by molar-refractivity contribution is -0.123. The summed E-state index contributed by atoms with van der Waals surface area (Å²) < 4.78 is 5.24. The zero-order valence-corrected chi connectivity index (χ0v) is 15.3. The molecule has 28 heavy (non-hydrogen) atoms. The summed E-state index contributed by atoms with van der Waals surface area (Å²) in [7, 11) is 0. The van der Waals surface area contributed by atoms with Gasteiger partial charge in [0.25, 0.3) is 5.91 Å². The fraction of sp³-hybridized carbons (Fsp3) is 0.222. The normalized spacial score (nSPS) is 10.2. The molecule has 1 amide bonds. The average molecular weight is 380 g/mol. The number of hydrogen-bond acceptors (Lipinski definition) is 9. The SMILES string of the molecule is Cc1ccnc(OCC(=O)NCCNc2ccc(Nc3ccccn3)nn2)n1. The number of carbonyl (C=O) groups is 1. The molecule has 0 spiro atoms. The summed E-state index contributed by atoms with van der Waals surface area (Å²) >= 11 is 0. The van der Waals surface area contributed by atoms with E-state index in [9.17, 15) is 4.79 Å². The van der Waals surface area contributed by atoms with Crippen molar-refractivity contribution in [3.8, 4) is 6.01 Å². The summed E-state index contributed by atoms with van der Waals surface area (Å²) in [6, 6.07) is 11.1. The van der Waals surface area contributed by atoms with Crippen LogP contribution in [0.1, 0.15) is 5.69 Å². The summed E-state index contributed by atoms with van der Waals surface area (Å²) in [6.45, 7) is 2.59. The fourth-order valence-corrected chi connectivity index (χ4v) is 2.13. The van der Waals surface area contributed by atoms with E-state index in [1.165, 1.54) is 0 Å². The van der Waals surface area contributed by atoms with Gasteiger partial charge in [0, 0.05) is 31.2 Å². The van der Waals surface area contributed by atoms with E-state index in [4.69, 9.17) is 4.74 Å². The quantitative estimate of drug-likeness (QED) is 0.471. The van der Waals surface area contributed by atoms with Gasteiger partial charge in [-0.1, -0.05) is 6.07 Å². The minimum atomic E-state index is -0.257. The molecule has 3 aromatic heterocycles. The number of rotatable bonds is 9. The first-order valence-corrected chi connectivity index (χ1v) is 8.64.